The van der Waals surface area contributed by atoms with Crippen LogP contribution in [0.3, 0.4) is 0 Å². The molecule has 21 heavy (non-hydrogen) atoms. The summed E-state index contributed by atoms with van der Waals surface area (Å²) in [5.41, 5.74) is -0.742. The fraction of sp³-hybridized carbons (Fsp3) is 0.467. The van der Waals surface area contributed by atoms with Crippen LogP contribution in [-0.4, -0.2) is 30.6 Å². The number of cyclic esters (lactones) is 1. The number of rotatable bonds is 5. The van der Waals surface area contributed by atoms with Crippen molar-refractivity contribution < 1.29 is 19.1 Å². The molecule has 1 amide bonds. The molecule has 1 heterocycles. The van der Waals surface area contributed by atoms with Gasteiger partial charge in [0.05, 0.1) is 18.9 Å². The van der Waals surface area contributed by atoms with Crippen LogP contribution in [-0.2, 0) is 14.3 Å². The summed E-state index contributed by atoms with van der Waals surface area (Å²) in [6.07, 6.45) is 0.131. The van der Waals surface area contributed by atoms with E-state index < -0.39 is 11.5 Å². The van der Waals surface area contributed by atoms with E-state index in [9.17, 15) is 9.59 Å². The van der Waals surface area contributed by atoms with Crippen LogP contribution in [0.5, 0.6) is 5.75 Å². The Balaban J connectivity index is 1.75. The molecule has 0 radical (unpaired) electrons. The van der Waals surface area contributed by atoms with Crippen molar-refractivity contribution in [1.82, 2.24) is 5.32 Å². The minimum absolute atomic E-state index is 0.131. The van der Waals surface area contributed by atoms with E-state index in [1.807, 2.05) is 24.3 Å². The van der Waals surface area contributed by atoms with Gasteiger partial charge in [-0.1, -0.05) is 15.9 Å². The van der Waals surface area contributed by atoms with Gasteiger partial charge in [0, 0.05) is 4.47 Å². The predicted molar refractivity (Wildman–Crippen MR) is 80.9 cm³/mol. The summed E-state index contributed by atoms with van der Waals surface area (Å²) in [4.78, 5) is 23.3. The maximum atomic E-state index is 12.1. The van der Waals surface area contributed by atoms with Crippen LogP contribution in [0.2, 0.25) is 0 Å². The quantitative estimate of drug-likeness (QED) is 0.650. The Morgan fingerprint density at radius 2 is 2.10 bits per heavy atom. The number of amides is 1. The second kappa shape index (κ2) is 6.47. The van der Waals surface area contributed by atoms with Crippen LogP contribution < -0.4 is 10.1 Å². The molecular formula is C15H18BrNO4. The summed E-state index contributed by atoms with van der Waals surface area (Å²) in [6.45, 7) is 4.26. The van der Waals surface area contributed by atoms with Gasteiger partial charge in [0.1, 0.15) is 18.0 Å². The summed E-state index contributed by atoms with van der Waals surface area (Å²) in [5, 5.41) is 2.78. The predicted octanol–water partition coefficient (Wildman–Crippen LogP) is 2.29. The van der Waals surface area contributed by atoms with Gasteiger partial charge in [0.2, 0.25) is 5.91 Å². The van der Waals surface area contributed by atoms with Crippen molar-refractivity contribution in [3.63, 3.8) is 0 Å². The molecule has 0 aliphatic carbocycles. The van der Waals surface area contributed by atoms with Crippen LogP contribution in [0.4, 0.5) is 0 Å². The van der Waals surface area contributed by atoms with Gasteiger partial charge in [-0.3, -0.25) is 9.59 Å². The molecule has 0 unspecified atom stereocenters. The number of carbonyl (C=O) groups is 2. The second-order valence-electron chi connectivity index (χ2n) is 5.43. The average molecular weight is 356 g/mol. The lowest BCUT2D eigenvalue weighted by molar-refractivity contribution is -0.147. The van der Waals surface area contributed by atoms with E-state index in [0.717, 1.165) is 10.2 Å². The van der Waals surface area contributed by atoms with Gasteiger partial charge in [-0.05, 0) is 38.1 Å². The lowest BCUT2D eigenvalue weighted by atomic mass is 9.90. The zero-order chi connectivity index (χ0) is 15.5. The van der Waals surface area contributed by atoms with E-state index in [-0.39, 0.29) is 18.3 Å². The van der Waals surface area contributed by atoms with Gasteiger partial charge in [0.25, 0.3) is 0 Å². The van der Waals surface area contributed by atoms with Gasteiger partial charge in [-0.2, -0.15) is 0 Å². The molecule has 1 aliphatic heterocycles. The van der Waals surface area contributed by atoms with Gasteiger partial charge < -0.3 is 14.8 Å². The normalized spacial score (nSPS) is 20.0. The number of esters is 1. The highest BCUT2D eigenvalue weighted by atomic mass is 79.9. The molecule has 0 saturated carbocycles. The average Bonchev–Trinajstić information content (AvgIpc) is 2.69. The van der Waals surface area contributed by atoms with Gasteiger partial charge in [-0.25, -0.2) is 0 Å². The van der Waals surface area contributed by atoms with Crippen molar-refractivity contribution in [3.05, 3.63) is 28.7 Å². The summed E-state index contributed by atoms with van der Waals surface area (Å²) in [5.74, 6) is -0.207. The number of hydrogen-bond donors (Lipinski definition) is 1. The second-order valence-corrected chi connectivity index (χ2v) is 6.34. The summed E-state index contributed by atoms with van der Waals surface area (Å²) in [7, 11) is 0. The summed E-state index contributed by atoms with van der Waals surface area (Å²) >= 11 is 3.35. The molecule has 114 valence electrons. The Bertz CT molecular complexity index is 527. The van der Waals surface area contributed by atoms with E-state index in [4.69, 9.17) is 9.47 Å². The molecule has 5 nitrogen and oxygen atoms in total. The fourth-order valence-electron chi connectivity index (χ4n) is 2.22. The lowest BCUT2D eigenvalue weighted by Crippen LogP contribution is -2.41. The molecule has 1 fully saturated rings. The van der Waals surface area contributed by atoms with E-state index in [2.05, 4.69) is 21.2 Å². The maximum Gasteiger partial charge on any atom is 0.307 e. The fourth-order valence-corrected chi connectivity index (χ4v) is 2.49. The van der Waals surface area contributed by atoms with E-state index >= 15 is 0 Å². The molecule has 0 bridgehead atoms. The molecule has 1 N–H and O–H groups in total. The minimum atomic E-state index is -0.742. The highest BCUT2D eigenvalue weighted by Gasteiger charge is 2.45. The molecule has 1 atom stereocenters. The van der Waals surface area contributed by atoms with Crippen LogP contribution in [0.1, 0.15) is 20.3 Å². The third kappa shape index (κ3) is 4.20. The number of benzene rings is 1. The van der Waals surface area contributed by atoms with Gasteiger partial charge in [-0.15, -0.1) is 0 Å². The molecular weight excluding hydrogens is 338 g/mol. The van der Waals surface area contributed by atoms with Crippen LogP contribution in [0.15, 0.2) is 28.7 Å². The maximum absolute atomic E-state index is 12.1. The first-order chi connectivity index (χ1) is 9.88. The Morgan fingerprint density at radius 3 is 2.67 bits per heavy atom. The smallest absolute Gasteiger partial charge is 0.307 e. The first-order valence-corrected chi connectivity index (χ1v) is 7.56. The molecule has 1 aliphatic rings. The van der Waals surface area contributed by atoms with Crippen LogP contribution in [0.25, 0.3) is 0 Å². The van der Waals surface area contributed by atoms with Crippen LogP contribution in [0, 0.1) is 5.92 Å². The molecule has 0 spiro atoms. The minimum Gasteiger partial charge on any atom is -0.492 e. The molecule has 0 aromatic heterocycles. The highest BCUT2D eigenvalue weighted by Crippen LogP contribution is 2.32. The number of halogens is 1. The van der Waals surface area contributed by atoms with Gasteiger partial charge >= 0.3 is 5.97 Å². The van der Waals surface area contributed by atoms with Crippen molar-refractivity contribution in [3.8, 4) is 5.75 Å². The molecule has 1 aromatic carbocycles. The topological polar surface area (TPSA) is 64.6 Å². The van der Waals surface area contributed by atoms with E-state index in [1.54, 1.807) is 13.8 Å². The van der Waals surface area contributed by atoms with Gasteiger partial charge in [0.15, 0.2) is 0 Å². The van der Waals surface area contributed by atoms with Crippen molar-refractivity contribution in [1.29, 1.82) is 0 Å². The van der Waals surface area contributed by atoms with E-state index in [0.29, 0.717) is 13.2 Å². The lowest BCUT2D eigenvalue weighted by Gasteiger charge is -2.23. The van der Waals surface area contributed by atoms with Crippen LogP contribution >= 0.6 is 15.9 Å². The zero-order valence-corrected chi connectivity index (χ0v) is 13.6. The van der Waals surface area contributed by atoms with Crippen molar-refractivity contribution >= 4 is 27.8 Å². The van der Waals surface area contributed by atoms with Crippen molar-refractivity contribution in [2.75, 3.05) is 13.2 Å². The van der Waals surface area contributed by atoms with Crippen molar-refractivity contribution in [2.24, 2.45) is 5.92 Å². The Labute approximate surface area is 132 Å². The Morgan fingerprint density at radius 1 is 1.43 bits per heavy atom. The Kier molecular flexibility index (Phi) is 4.88. The Hall–Kier alpha value is -1.56. The molecule has 6 heteroatoms. The zero-order valence-electron chi connectivity index (χ0n) is 12.0. The summed E-state index contributed by atoms with van der Waals surface area (Å²) < 4.78 is 11.6. The third-order valence-corrected chi connectivity index (χ3v) is 3.92. The first-order valence-electron chi connectivity index (χ1n) is 6.76. The SMILES string of the molecule is CC1(C)OC(=O)C[C@H]1C(=O)NCCOc1ccc(Br)cc1. The van der Waals surface area contributed by atoms with Crippen molar-refractivity contribution in [2.45, 2.75) is 25.9 Å². The highest BCUT2D eigenvalue weighted by molar-refractivity contribution is 9.10. The number of hydrogen-bond acceptors (Lipinski definition) is 4. The number of nitrogens with one attached hydrogen (secondary N) is 1. The monoisotopic (exact) mass is 355 g/mol. The molecule has 2 rings (SSSR count). The third-order valence-electron chi connectivity index (χ3n) is 3.39. The summed E-state index contributed by atoms with van der Waals surface area (Å²) in [6, 6.07) is 7.47. The largest absolute Gasteiger partial charge is 0.492 e. The molecule has 1 saturated heterocycles. The number of carbonyl (C=O) groups excluding carboxylic acids is 2. The first kappa shape index (κ1) is 15.8. The molecule has 1 aromatic rings. The standard InChI is InChI=1S/C15H18BrNO4/c1-15(2)12(9-13(18)21-15)14(19)17-7-8-20-11-5-3-10(16)4-6-11/h3-6,12H,7-9H2,1-2H3,(H,17,19)/t12-/m0/s1. The number of ether oxygens (including phenoxy) is 2. The van der Waals surface area contributed by atoms with E-state index in [1.165, 1.54) is 0 Å².